The van der Waals surface area contributed by atoms with Crippen molar-refractivity contribution in [3.63, 3.8) is 0 Å². The van der Waals surface area contributed by atoms with Gasteiger partial charge in [0.25, 0.3) is 0 Å². The molecule has 0 aliphatic carbocycles. The molecule has 1 atom stereocenters. The smallest absolute Gasteiger partial charge is 0.315 e. The second-order valence-electron chi connectivity index (χ2n) is 4.98. The van der Waals surface area contributed by atoms with Crippen molar-refractivity contribution in [1.82, 2.24) is 14.8 Å². The van der Waals surface area contributed by atoms with Gasteiger partial charge in [0.15, 0.2) is 0 Å². The molecule has 1 aliphatic rings. The standard InChI is InChI=1S/C14H19N3O3/c1-11(14(19)20)13(18)17-8-6-16(7-9-17)10-12-4-2-3-5-15-12/h2-5,11H,6-10H2,1H3,(H,19,20). The molecule has 1 saturated heterocycles. The van der Waals surface area contributed by atoms with Gasteiger partial charge in [-0.1, -0.05) is 6.07 Å². The average molecular weight is 277 g/mol. The Balaban J connectivity index is 1.83. The molecular weight excluding hydrogens is 258 g/mol. The average Bonchev–Trinajstić information content (AvgIpc) is 2.47. The number of pyridine rings is 1. The lowest BCUT2D eigenvalue weighted by molar-refractivity contribution is -0.151. The number of hydrogen-bond acceptors (Lipinski definition) is 4. The van der Waals surface area contributed by atoms with E-state index in [-0.39, 0.29) is 5.91 Å². The lowest BCUT2D eigenvalue weighted by Gasteiger charge is -2.35. The van der Waals surface area contributed by atoms with Crippen LogP contribution in [0.4, 0.5) is 0 Å². The summed E-state index contributed by atoms with van der Waals surface area (Å²) in [6.07, 6.45) is 1.77. The maximum absolute atomic E-state index is 11.9. The minimum absolute atomic E-state index is 0.296. The third-order valence-corrected chi connectivity index (χ3v) is 3.54. The van der Waals surface area contributed by atoms with Crippen molar-refractivity contribution < 1.29 is 14.7 Å². The molecule has 0 aromatic carbocycles. The topological polar surface area (TPSA) is 73.7 Å². The molecule has 0 bridgehead atoms. The zero-order valence-electron chi connectivity index (χ0n) is 11.5. The first-order valence-electron chi connectivity index (χ1n) is 6.72. The van der Waals surface area contributed by atoms with E-state index in [0.717, 1.165) is 25.3 Å². The van der Waals surface area contributed by atoms with Crippen molar-refractivity contribution in [2.45, 2.75) is 13.5 Å². The number of carboxylic acids is 1. The van der Waals surface area contributed by atoms with Crippen LogP contribution in [0, 0.1) is 5.92 Å². The molecule has 108 valence electrons. The molecule has 20 heavy (non-hydrogen) atoms. The van der Waals surface area contributed by atoms with Gasteiger partial charge in [-0.3, -0.25) is 19.5 Å². The van der Waals surface area contributed by atoms with Gasteiger partial charge >= 0.3 is 5.97 Å². The lowest BCUT2D eigenvalue weighted by atomic mass is 10.1. The summed E-state index contributed by atoms with van der Waals surface area (Å²) in [6.45, 7) is 4.83. The molecule has 1 aromatic rings. The summed E-state index contributed by atoms with van der Waals surface area (Å²) in [6, 6.07) is 5.81. The summed E-state index contributed by atoms with van der Waals surface area (Å²) in [5.74, 6) is -2.32. The van der Waals surface area contributed by atoms with Crippen LogP contribution in [-0.2, 0) is 16.1 Å². The SMILES string of the molecule is CC(C(=O)O)C(=O)N1CCN(Cc2ccccn2)CC1. The van der Waals surface area contributed by atoms with Crippen molar-refractivity contribution in [2.75, 3.05) is 26.2 Å². The number of aliphatic carboxylic acids is 1. The van der Waals surface area contributed by atoms with Gasteiger partial charge in [-0.25, -0.2) is 0 Å². The molecule has 1 unspecified atom stereocenters. The fourth-order valence-electron chi connectivity index (χ4n) is 2.23. The zero-order valence-corrected chi connectivity index (χ0v) is 11.5. The Hall–Kier alpha value is -1.95. The summed E-state index contributed by atoms with van der Waals surface area (Å²) < 4.78 is 0. The van der Waals surface area contributed by atoms with Crippen molar-refractivity contribution in [1.29, 1.82) is 0 Å². The Bertz CT molecular complexity index is 470. The summed E-state index contributed by atoms with van der Waals surface area (Å²) >= 11 is 0. The Morgan fingerprint density at radius 3 is 2.55 bits per heavy atom. The highest BCUT2D eigenvalue weighted by molar-refractivity contribution is 5.96. The molecule has 6 heteroatoms. The number of amides is 1. The molecule has 1 aromatic heterocycles. The van der Waals surface area contributed by atoms with Gasteiger partial charge < -0.3 is 10.0 Å². The van der Waals surface area contributed by atoms with Crippen molar-refractivity contribution >= 4 is 11.9 Å². The largest absolute Gasteiger partial charge is 0.481 e. The minimum Gasteiger partial charge on any atom is -0.481 e. The highest BCUT2D eigenvalue weighted by Gasteiger charge is 2.28. The van der Waals surface area contributed by atoms with Crippen LogP contribution in [0.25, 0.3) is 0 Å². The van der Waals surface area contributed by atoms with Crippen LogP contribution >= 0.6 is 0 Å². The van der Waals surface area contributed by atoms with Gasteiger partial charge in [0, 0.05) is 38.9 Å². The normalized spacial score (nSPS) is 17.8. The van der Waals surface area contributed by atoms with E-state index >= 15 is 0 Å². The van der Waals surface area contributed by atoms with Crippen molar-refractivity contribution in [2.24, 2.45) is 5.92 Å². The predicted molar refractivity (Wildman–Crippen MR) is 72.9 cm³/mol. The highest BCUT2D eigenvalue weighted by atomic mass is 16.4. The van der Waals surface area contributed by atoms with Crippen LogP contribution in [0.1, 0.15) is 12.6 Å². The first-order valence-corrected chi connectivity index (χ1v) is 6.72. The summed E-state index contributed by atoms with van der Waals surface area (Å²) in [4.78, 5) is 30.9. The number of carboxylic acid groups (broad SMARTS) is 1. The molecule has 0 radical (unpaired) electrons. The van der Waals surface area contributed by atoms with Gasteiger partial charge in [-0.2, -0.15) is 0 Å². The van der Waals surface area contributed by atoms with E-state index in [2.05, 4.69) is 9.88 Å². The van der Waals surface area contributed by atoms with Crippen LogP contribution in [0.15, 0.2) is 24.4 Å². The van der Waals surface area contributed by atoms with E-state index in [0.29, 0.717) is 13.1 Å². The third kappa shape index (κ3) is 3.54. The van der Waals surface area contributed by atoms with E-state index in [4.69, 9.17) is 5.11 Å². The molecule has 1 N–H and O–H groups in total. The summed E-state index contributed by atoms with van der Waals surface area (Å²) in [7, 11) is 0. The molecule has 2 rings (SSSR count). The summed E-state index contributed by atoms with van der Waals surface area (Å²) in [5.41, 5.74) is 1.01. The highest BCUT2D eigenvalue weighted by Crippen LogP contribution is 2.10. The van der Waals surface area contributed by atoms with Gasteiger partial charge in [0.2, 0.25) is 5.91 Å². The van der Waals surface area contributed by atoms with E-state index in [9.17, 15) is 9.59 Å². The van der Waals surface area contributed by atoms with Crippen molar-refractivity contribution in [3.05, 3.63) is 30.1 Å². The third-order valence-electron chi connectivity index (χ3n) is 3.54. The fraction of sp³-hybridized carbons (Fsp3) is 0.500. The Morgan fingerprint density at radius 1 is 1.30 bits per heavy atom. The van der Waals surface area contributed by atoms with Crippen LogP contribution in [0.3, 0.4) is 0 Å². The number of nitrogens with zero attached hydrogens (tertiary/aromatic N) is 3. The Kier molecular flexibility index (Phi) is 4.68. The van der Waals surface area contributed by atoms with E-state index < -0.39 is 11.9 Å². The molecular formula is C14H19N3O3. The van der Waals surface area contributed by atoms with Gasteiger partial charge in [0.05, 0.1) is 5.69 Å². The first-order chi connectivity index (χ1) is 9.58. The molecule has 1 fully saturated rings. The molecule has 2 heterocycles. The van der Waals surface area contributed by atoms with E-state index in [1.54, 1.807) is 11.1 Å². The zero-order chi connectivity index (χ0) is 14.5. The Morgan fingerprint density at radius 2 is 2.00 bits per heavy atom. The number of carbonyl (C=O) groups excluding carboxylic acids is 1. The van der Waals surface area contributed by atoms with E-state index in [1.165, 1.54) is 6.92 Å². The molecule has 0 spiro atoms. The van der Waals surface area contributed by atoms with Crippen LogP contribution in [0.5, 0.6) is 0 Å². The molecule has 0 saturated carbocycles. The second kappa shape index (κ2) is 6.47. The monoisotopic (exact) mass is 277 g/mol. The maximum atomic E-state index is 11.9. The lowest BCUT2D eigenvalue weighted by Crippen LogP contribution is -2.50. The number of hydrogen-bond donors (Lipinski definition) is 1. The number of carbonyl (C=O) groups is 2. The number of piperazine rings is 1. The molecule has 1 aliphatic heterocycles. The quantitative estimate of drug-likeness (QED) is 0.809. The number of aromatic nitrogens is 1. The van der Waals surface area contributed by atoms with Crippen LogP contribution in [-0.4, -0.2) is 57.9 Å². The van der Waals surface area contributed by atoms with Gasteiger partial charge in [-0.15, -0.1) is 0 Å². The fourth-order valence-corrected chi connectivity index (χ4v) is 2.23. The van der Waals surface area contributed by atoms with E-state index in [1.807, 2.05) is 18.2 Å². The van der Waals surface area contributed by atoms with Crippen molar-refractivity contribution in [3.8, 4) is 0 Å². The summed E-state index contributed by atoms with van der Waals surface area (Å²) in [5, 5.41) is 8.86. The minimum atomic E-state index is -1.06. The molecule has 6 nitrogen and oxygen atoms in total. The van der Waals surface area contributed by atoms with Crippen LogP contribution in [0.2, 0.25) is 0 Å². The first kappa shape index (κ1) is 14.5. The molecule has 1 amide bonds. The van der Waals surface area contributed by atoms with Gasteiger partial charge in [0.1, 0.15) is 5.92 Å². The predicted octanol–water partition coefficient (Wildman–Crippen LogP) is 0.446. The van der Waals surface area contributed by atoms with Gasteiger partial charge in [-0.05, 0) is 19.1 Å². The number of rotatable bonds is 4. The van der Waals surface area contributed by atoms with Crippen LogP contribution < -0.4 is 0 Å². The Labute approximate surface area is 118 Å². The second-order valence-corrected chi connectivity index (χ2v) is 4.98. The maximum Gasteiger partial charge on any atom is 0.315 e.